The van der Waals surface area contributed by atoms with Crippen molar-refractivity contribution in [3.05, 3.63) is 65.7 Å². The van der Waals surface area contributed by atoms with Crippen LogP contribution in [0.25, 0.3) is 0 Å². The van der Waals surface area contributed by atoms with Gasteiger partial charge in [-0.15, -0.1) is 0 Å². The highest BCUT2D eigenvalue weighted by molar-refractivity contribution is 5.34. The average molecular weight is 240 g/mol. The van der Waals surface area contributed by atoms with Crippen LogP contribution in [0.2, 0.25) is 0 Å². The quantitative estimate of drug-likeness (QED) is 0.748. The zero-order chi connectivity index (χ0) is 12.2. The molecule has 2 aromatic rings. The van der Waals surface area contributed by atoms with E-state index in [9.17, 15) is 0 Å². The molecule has 0 saturated carbocycles. The zero-order valence-corrected chi connectivity index (χ0v) is 10.2. The molecule has 0 spiro atoms. The van der Waals surface area contributed by atoms with Gasteiger partial charge in [0.15, 0.2) is 0 Å². The highest BCUT2D eigenvalue weighted by Gasteiger charge is 2.23. The van der Waals surface area contributed by atoms with Crippen molar-refractivity contribution < 1.29 is 9.47 Å². The molecular weight excluding hydrogens is 224 g/mol. The van der Waals surface area contributed by atoms with Gasteiger partial charge < -0.3 is 9.47 Å². The Morgan fingerprint density at radius 2 is 1.72 bits per heavy atom. The van der Waals surface area contributed by atoms with Crippen molar-refractivity contribution in [3.8, 4) is 5.75 Å². The maximum atomic E-state index is 5.90. The Morgan fingerprint density at radius 1 is 1.00 bits per heavy atom. The molecule has 1 fully saturated rings. The van der Waals surface area contributed by atoms with Gasteiger partial charge in [0.2, 0.25) is 0 Å². The Hall–Kier alpha value is -1.80. The molecule has 1 heterocycles. The summed E-state index contributed by atoms with van der Waals surface area (Å²) < 4.78 is 11.2. The van der Waals surface area contributed by atoms with E-state index in [1.165, 1.54) is 11.1 Å². The summed E-state index contributed by atoms with van der Waals surface area (Å²) in [5, 5.41) is 0. The van der Waals surface area contributed by atoms with E-state index < -0.39 is 0 Å². The summed E-state index contributed by atoms with van der Waals surface area (Å²) in [6, 6.07) is 18.4. The van der Waals surface area contributed by atoms with Crippen LogP contribution in [-0.4, -0.2) is 12.7 Å². The molecule has 0 N–H and O–H groups in total. The SMILES string of the molecule is c1ccc(COc2ccccc2CC2CO2)cc1. The molecule has 2 heteroatoms. The van der Waals surface area contributed by atoms with Crippen LogP contribution < -0.4 is 4.74 Å². The van der Waals surface area contributed by atoms with Crippen LogP contribution >= 0.6 is 0 Å². The topological polar surface area (TPSA) is 21.8 Å². The van der Waals surface area contributed by atoms with E-state index in [2.05, 4.69) is 18.2 Å². The first kappa shape index (κ1) is 11.3. The van der Waals surface area contributed by atoms with Crippen LogP contribution in [0.5, 0.6) is 5.75 Å². The van der Waals surface area contributed by atoms with Crippen LogP contribution in [0.3, 0.4) is 0 Å². The van der Waals surface area contributed by atoms with Gasteiger partial charge in [0.05, 0.1) is 12.7 Å². The van der Waals surface area contributed by atoms with E-state index >= 15 is 0 Å². The molecule has 0 amide bonds. The lowest BCUT2D eigenvalue weighted by Crippen LogP contribution is -2.00. The molecule has 1 atom stereocenters. The van der Waals surface area contributed by atoms with Gasteiger partial charge in [0.25, 0.3) is 0 Å². The van der Waals surface area contributed by atoms with E-state index in [4.69, 9.17) is 9.47 Å². The maximum absolute atomic E-state index is 5.90. The zero-order valence-electron chi connectivity index (χ0n) is 10.2. The third-order valence-corrected chi connectivity index (χ3v) is 3.06. The fourth-order valence-corrected chi connectivity index (χ4v) is 1.98. The van der Waals surface area contributed by atoms with Crippen molar-refractivity contribution in [1.82, 2.24) is 0 Å². The first-order valence-corrected chi connectivity index (χ1v) is 6.28. The van der Waals surface area contributed by atoms with Crippen molar-refractivity contribution in [3.63, 3.8) is 0 Å². The third kappa shape index (κ3) is 2.90. The minimum atomic E-state index is 0.395. The van der Waals surface area contributed by atoms with Crippen LogP contribution in [-0.2, 0) is 17.8 Å². The lowest BCUT2D eigenvalue weighted by Gasteiger charge is -2.10. The first-order chi connectivity index (χ1) is 8.92. The van der Waals surface area contributed by atoms with Gasteiger partial charge in [-0.25, -0.2) is 0 Å². The highest BCUT2D eigenvalue weighted by Crippen LogP contribution is 2.24. The molecule has 0 aliphatic carbocycles. The lowest BCUT2D eigenvalue weighted by atomic mass is 10.1. The summed E-state index contributed by atoms with van der Waals surface area (Å²) in [4.78, 5) is 0. The van der Waals surface area contributed by atoms with E-state index in [1.54, 1.807) is 0 Å². The molecule has 0 aromatic heterocycles. The van der Waals surface area contributed by atoms with Crippen molar-refractivity contribution in [2.45, 2.75) is 19.1 Å². The summed E-state index contributed by atoms with van der Waals surface area (Å²) in [7, 11) is 0. The summed E-state index contributed by atoms with van der Waals surface area (Å²) in [5.41, 5.74) is 2.42. The van der Waals surface area contributed by atoms with E-state index in [1.807, 2.05) is 36.4 Å². The van der Waals surface area contributed by atoms with E-state index in [-0.39, 0.29) is 0 Å². The lowest BCUT2D eigenvalue weighted by molar-refractivity contribution is 0.301. The van der Waals surface area contributed by atoms with Crippen molar-refractivity contribution in [2.75, 3.05) is 6.61 Å². The highest BCUT2D eigenvalue weighted by atomic mass is 16.6. The third-order valence-electron chi connectivity index (χ3n) is 3.06. The summed E-state index contributed by atoms with van der Waals surface area (Å²) in [6.45, 7) is 1.50. The van der Waals surface area contributed by atoms with Gasteiger partial charge in [0, 0.05) is 6.42 Å². The molecule has 92 valence electrons. The first-order valence-electron chi connectivity index (χ1n) is 6.28. The molecule has 2 nitrogen and oxygen atoms in total. The molecule has 1 aliphatic heterocycles. The van der Waals surface area contributed by atoms with Crippen LogP contribution in [0, 0.1) is 0 Å². The Kier molecular flexibility index (Phi) is 3.29. The van der Waals surface area contributed by atoms with E-state index in [0.717, 1.165) is 18.8 Å². The summed E-state index contributed by atoms with van der Waals surface area (Å²) in [5.74, 6) is 0.969. The van der Waals surface area contributed by atoms with Crippen LogP contribution in [0.4, 0.5) is 0 Å². The van der Waals surface area contributed by atoms with Gasteiger partial charge in [0.1, 0.15) is 12.4 Å². The second kappa shape index (κ2) is 5.23. The molecule has 18 heavy (non-hydrogen) atoms. The van der Waals surface area contributed by atoms with E-state index in [0.29, 0.717) is 12.7 Å². The molecule has 2 aromatic carbocycles. The van der Waals surface area contributed by atoms with Crippen molar-refractivity contribution in [1.29, 1.82) is 0 Å². The molecule has 0 radical (unpaired) electrons. The number of epoxide rings is 1. The largest absolute Gasteiger partial charge is 0.489 e. The average Bonchev–Trinajstić information content (AvgIpc) is 3.23. The van der Waals surface area contributed by atoms with Gasteiger partial charge in [-0.2, -0.15) is 0 Å². The van der Waals surface area contributed by atoms with Crippen LogP contribution in [0.1, 0.15) is 11.1 Å². The van der Waals surface area contributed by atoms with Crippen LogP contribution in [0.15, 0.2) is 54.6 Å². The van der Waals surface area contributed by atoms with Crippen molar-refractivity contribution >= 4 is 0 Å². The summed E-state index contributed by atoms with van der Waals surface area (Å²) in [6.07, 6.45) is 1.34. The Bertz CT molecular complexity index is 504. The second-order valence-electron chi connectivity index (χ2n) is 4.54. The molecule has 3 rings (SSSR count). The monoisotopic (exact) mass is 240 g/mol. The predicted molar refractivity (Wildman–Crippen MR) is 70.7 cm³/mol. The molecular formula is C16H16O2. The Morgan fingerprint density at radius 3 is 2.50 bits per heavy atom. The molecule has 1 aliphatic rings. The number of rotatable bonds is 5. The fourth-order valence-electron chi connectivity index (χ4n) is 1.98. The smallest absolute Gasteiger partial charge is 0.123 e. The number of hydrogen-bond donors (Lipinski definition) is 0. The molecule has 1 unspecified atom stereocenters. The van der Waals surface area contributed by atoms with Gasteiger partial charge in [-0.1, -0.05) is 48.5 Å². The Labute approximate surface area is 107 Å². The van der Waals surface area contributed by atoms with Gasteiger partial charge in [-0.3, -0.25) is 0 Å². The number of para-hydroxylation sites is 1. The maximum Gasteiger partial charge on any atom is 0.123 e. The Balaban J connectivity index is 1.68. The number of hydrogen-bond acceptors (Lipinski definition) is 2. The minimum Gasteiger partial charge on any atom is -0.489 e. The fraction of sp³-hybridized carbons (Fsp3) is 0.250. The minimum absolute atomic E-state index is 0.395. The number of ether oxygens (including phenoxy) is 2. The standard InChI is InChI=1S/C16H16O2/c1-2-6-13(7-3-1)11-18-16-9-5-4-8-14(16)10-15-12-17-15/h1-9,15H,10-12H2. The van der Waals surface area contributed by atoms with Crippen molar-refractivity contribution in [2.24, 2.45) is 0 Å². The molecule has 1 saturated heterocycles. The second-order valence-corrected chi connectivity index (χ2v) is 4.54. The number of benzene rings is 2. The normalized spacial score (nSPS) is 17.4. The summed E-state index contributed by atoms with van der Waals surface area (Å²) >= 11 is 0. The van der Waals surface area contributed by atoms with Gasteiger partial charge >= 0.3 is 0 Å². The molecule has 0 bridgehead atoms. The predicted octanol–water partition coefficient (Wildman–Crippen LogP) is 3.21. The van der Waals surface area contributed by atoms with Gasteiger partial charge in [-0.05, 0) is 17.2 Å².